The van der Waals surface area contributed by atoms with Gasteiger partial charge in [-0.3, -0.25) is 4.98 Å². The molecule has 0 aliphatic carbocycles. The maximum absolute atomic E-state index is 11.8. The second kappa shape index (κ2) is 8.93. The summed E-state index contributed by atoms with van der Waals surface area (Å²) in [7, 11) is 0. The zero-order chi connectivity index (χ0) is 20.1. The number of hydrogen-bond acceptors (Lipinski definition) is 4. The van der Waals surface area contributed by atoms with Crippen LogP contribution in [-0.4, -0.2) is 28.8 Å². The van der Waals surface area contributed by atoms with Crippen LogP contribution in [0.3, 0.4) is 0 Å². The third kappa shape index (κ3) is 4.54. The number of carbonyl (C=O) groups is 1. The van der Waals surface area contributed by atoms with Crippen LogP contribution < -0.4 is 9.47 Å². The van der Waals surface area contributed by atoms with Crippen molar-refractivity contribution in [3.63, 3.8) is 0 Å². The fourth-order valence-electron chi connectivity index (χ4n) is 2.89. The van der Waals surface area contributed by atoms with E-state index in [9.17, 15) is 9.90 Å². The van der Waals surface area contributed by atoms with Crippen LogP contribution in [0.1, 0.15) is 19.4 Å². The van der Waals surface area contributed by atoms with Crippen LogP contribution in [0.25, 0.3) is 10.9 Å². The zero-order valence-electron chi connectivity index (χ0n) is 15.8. The number of hydrogen-bond donors (Lipinski definition) is 1. The van der Waals surface area contributed by atoms with E-state index in [4.69, 9.17) is 21.1 Å². The van der Waals surface area contributed by atoms with Crippen LogP contribution in [0.4, 0.5) is 0 Å². The molecule has 0 bridgehead atoms. The lowest BCUT2D eigenvalue weighted by Crippen LogP contribution is -2.36. The van der Waals surface area contributed by atoms with E-state index >= 15 is 0 Å². The minimum Gasteiger partial charge on any atom is -0.493 e. The molecule has 2 unspecified atom stereocenters. The number of rotatable bonds is 8. The number of aliphatic carboxylic acids is 1. The highest BCUT2D eigenvalue weighted by molar-refractivity contribution is 6.35. The highest BCUT2D eigenvalue weighted by atomic mass is 35.5. The van der Waals surface area contributed by atoms with Crippen LogP contribution in [0.5, 0.6) is 11.5 Å². The molecular formula is C22H22ClNO4. The Balaban J connectivity index is 1.74. The summed E-state index contributed by atoms with van der Waals surface area (Å²) in [4.78, 5) is 16.1. The van der Waals surface area contributed by atoms with Crippen LogP contribution in [0.15, 0.2) is 54.7 Å². The smallest absolute Gasteiger partial charge is 0.345 e. The molecule has 28 heavy (non-hydrogen) atoms. The van der Waals surface area contributed by atoms with Gasteiger partial charge < -0.3 is 14.6 Å². The van der Waals surface area contributed by atoms with E-state index in [-0.39, 0.29) is 6.61 Å². The number of fused-ring (bicyclic) bond motifs is 1. The molecule has 2 aromatic carbocycles. The molecule has 1 aromatic heterocycles. The van der Waals surface area contributed by atoms with Crippen molar-refractivity contribution < 1.29 is 19.4 Å². The molecule has 6 heteroatoms. The molecule has 0 fully saturated rings. The molecule has 146 valence electrons. The van der Waals surface area contributed by atoms with Gasteiger partial charge in [0.05, 0.1) is 11.6 Å². The molecule has 0 amide bonds. The minimum atomic E-state index is -1.08. The first-order valence-electron chi connectivity index (χ1n) is 9.14. The van der Waals surface area contributed by atoms with Crippen molar-refractivity contribution in [2.24, 2.45) is 5.92 Å². The van der Waals surface area contributed by atoms with Crippen molar-refractivity contribution in [2.45, 2.75) is 26.4 Å². The number of carboxylic acid groups (broad SMARTS) is 1. The Hall–Kier alpha value is -2.79. The van der Waals surface area contributed by atoms with Gasteiger partial charge in [0, 0.05) is 17.5 Å². The van der Waals surface area contributed by atoms with Gasteiger partial charge in [0.25, 0.3) is 0 Å². The Morgan fingerprint density at radius 2 is 1.93 bits per heavy atom. The first-order valence-corrected chi connectivity index (χ1v) is 9.51. The standard InChI is InChI=1S/C22H22ClNO4/c1-3-15-6-8-16(9-7-15)27-13-14(2)21(22(25)26)28-19-11-10-18(23)17-5-4-12-24-20(17)19/h4-12,14,21H,3,13H2,1-2H3,(H,25,26). The van der Waals surface area contributed by atoms with Crippen molar-refractivity contribution in [3.05, 3.63) is 65.3 Å². The Morgan fingerprint density at radius 3 is 2.61 bits per heavy atom. The Bertz CT molecular complexity index is 958. The molecule has 0 spiro atoms. The third-order valence-electron chi connectivity index (χ3n) is 4.54. The van der Waals surface area contributed by atoms with Crippen LogP contribution >= 0.6 is 11.6 Å². The topological polar surface area (TPSA) is 68.7 Å². The van der Waals surface area contributed by atoms with Crippen LogP contribution in [0.2, 0.25) is 5.02 Å². The van der Waals surface area contributed by atoms with E-state index < -0.39 is 18.0 Å². The van der Waals surface area contributed by atoms with Gasteiger partial charge in [-0.05, 0) is 48.4 Å². The van der Waals surface area contributed by atoms with E-state index in [0.29, 0.717) is 27.4 Å². The van der Waals surface area contributed by atoms with E-state index in [1.54, 1.807) is 31.3 Å². The first-order chi connectivity index (χ1) is 13.5. The zero-order valence-corrected chi connectivity index (χ0v) is 16.5. The number of pyridine rings is 1. The molecule has 0 aliphatic heterocycles. The summed E-state index contributed by atoms with van der Waals surface area (Å²) in [6.45, 7) is 4.08. The monoisotopic (exact) mass is 399 g/mol. The maximum atomic E-state index is 11.8. The van der Waals surface area contributed by atoms with Crippen molar-refractivity contribution in [3.8, 4) is 11.5 Å². The predicted octanol–water partition coefficient (Wildman–Crippen LogP) is 5.00. The molecule has 3 aromatic rings. The SMILES string of the molecule is CCc1ccc(OCC(C)C(Oc2ccc(Cl)c3cccnc23)C(=O)O)cc1. The van der Waals surface area contributed by atoms with E-state index in [1.807, 2.05) is 30.3 Å². The molecule has 5 nitrogen and oxygen atoms in total. The van der Waals surface area contributed by atoms with Gasteiger partial charge in [-0.2, -0.15) is 0 Å². The Labute approximate surface area is 168 Å². The fraction of sp³-hybridized carbons (Fsp3) is 0.273. The Morgan fingerprint density at radius 1 is 1.18 bits per heavy atom. The number of aryl methyl sites for hydroxylation is 1. The fourth-order valence-corrected chi connectivity index (χ4v) is 3.11. The molecule has 0 saturated carbocycles. The van der Waals surface area contributed by atoms with Crippen LogP contribution in [0, 0.1) is 5.92 Å². The number of nitrogens with zero attached hydrogens (tertiary/aromatic N) is 1. The summed E-state index contributed by atoms with van der Waals surface area (Å²) in [6.07, 6.45) is 1.49. The third-order valence-corrected chi connectivity index (χ3v) is 4.87. The molecular weight excluding hydrogens is 378 g/mol. The minimum absolute atomic E-state index is 0.210. The van der Waals surface area contributed by atoms with E-state index in [2.05, 4.69) is 11.9 Å². The second-order valence-electron chi connectivity index (χ2n) is 6.61. The van der Waals surface area contributed by atoms with Gasteiger partial charge in [-0.1, -0.05) is 37.6 Å². The second-order valence-corrected chi connectivity index (χ2v) is 7.01. The van der Waals surface area contributed by atoms with Gasteiger partial charge >= 0.3 is 5.97 Å². The summed E-state index contributed by atoms with van der Waals surface area (Å²) in [5, 5.41) is 10.9. The average molecular weight is 400 g/mol. The quantitative estimate of drug-likeness (QED) is 0.577. The normalized spacial score (nSPS) is 13.1. The largest absolute Gasteiger partial charge is 0.493 e. The maximum Gasteiger partial charge on any atom is 0.345 e. The van der Waals surface area contributed by atoms with Gasteiger partial charge in [-0.15, -0.1) is 0 Å². The summed E-state index contributed by atoms with van der Waals surface area (Å²) in [6, 6.07) is 14.7. The average Bonchev–Trinajstić information content (AvgIpc) is 2.72. The lowest BCUT2D eigenvalue weighted by molar-refractivity contribution is -0.148. The van der Waals surface area contributed by atoms with Crippen molar-refractivity contribution in [2.75, 3.05) is 6.61 Å². The van der Waals surface area contributed by atoms with Crippen molar-refractivity contribution in [1.82, 2.24) is 4.98 Å². The Kier molecular flexibility index (Phi) is 6.37. The summed E-state index contributed by atoms with van der Waals surface area (Å²) < 4.78 is 11.6. The number of halogens is 1. The summed E-state index contributed by atoms with van der Waals surface area (Å²) >= 11 is 6.20. The van der Waals surface area contributed by atoms with Gasteiger partial charge in [0.2, 0.25) is 6.10 Å². The summed E-state index contributed by atoms with van der Waals surface area (Å²) in [5.41, 5.74) is 1.75. The highest BCUT2D eigenvalue weighted by Gasteiger charge is 2.28. The molecule has 2 atom stereocenters. The first kappa shape index (κ1) is 20.0. The number of carboxylic acids is 1. The molecule has 1 N–H and O–H groups in total. The van der Waals surface area contributed by atoms with Crippen molar-refractivity contribution >= 4 is 28.5 Å². The van der Waals surface area contributed by atoms with Gasteiger partial charge in [-0.25, -0.2) is 4.79 Å². The molecule has 0 aliphatic rings. The van der Waals surface area contributed by atoms with Gasteiger partial charge in [0.1, 0.15) is 17.0 Å². The highest BCUT2D eigenvalue weighted by Crippen LogP contribution is 2.31. The van der Waals surface area contributed by atoms with Gasteiger partial charge in [0.15, 0.2) is 0 Å². The number of aromatic nitrogens is 1. The lowest BCUT2D eigenvalue weighted by Gasteiger charge is -2.22. The van der Waals surface area contributed by atoms with E-state index in [1.165, 1.54) is 5.56 Å². The molecule has 0 radical (unpaired) electrons. The molecule has 1 heterocycles. The van der Waals surface area contributed by atoms with Crippen LogP contribution in [-0.2, 0) is 11.2 Å². The molecule has 0 saturated heterocycles. The summed E-state index contributed by atoms with van der Waals surface area (Å²) in [5.74, 6) is -0.368. The number of benzene rings is 2. The van der Waals surface area contributed by atoms with E-state index in [0.717, 1.165) is 6.42 Å². The lowest BCUT2D eigenvalue weighted by atomic mass is 10.1. The predicted molar refractivity (Wildman–Crippen MR) is 109 cm³/mol. The number of ether oxygens (including phenoxy) is 2. The molecule has 3 rings (SSSR count). The van der Waals surface area contributed by atoms with Crippen molar-refractivity contribution in [1.29, 1.82) is 0 Å².